The molecule has 0 aliphatic carbocycles. The molecular formula is C54H104O6. The average Bonchev–Trinajstić information content (AvgIpc) is 3.22. The lowest BCUT2D eigenvalue weighted by Gasteiger charge is -2.18. The van der Waals surface area contributed by atoms with Gasteiger partial charge in [-0.2, -0.15) is 0 Å². The molecule has 0 aromatic carbocycles. The van der Waals surface area contributed by atoms with Crippen molar-refractivity contribution in [3.05, 3.63) is 0 Å². The zero-order valence-electron chi connectivity index (χ0n) is 41.1. The third-order valence-corrected chi connectivity index (χ3v) is 12.2. The standard InChI is InChI=1S/C54H104O6/c1-6-7-8-9-10-11-24-31-36-41-46-54(57)60-51(48-59-53(56)45-40-35-30-26-21-17-16-19-23-28-33-38-43-50(4)5)47-58-52(55)44-39-34-29-25-20-15-13-12-14-18-22-27-32-37-42-49(2)3/h49-51H,6-48H2,1-5H3/t51-/m1/s1. The predicted octanol–water partition coefficient (Wildman–Crippen LogP) is 17.3. The first-order valence-corrected chi connectivity index (χ1v) is 26.7. The van der Waals surface area contributed by atoms with Crippen LogP contribution in [-0.4, -0.2) is 37.2 Å². The van der Waals surface area contributed by atoms with E-state index in [1.807, 2.05) is 0 Å². The molecule has 0 heterocycles. The van der Waals surface area contributed by atoms with E-state index in [0.29, 0.717) is 19.3 Å². The summed E-state index contributed by atoms with van der Waals surface area (Å²) < 4.78 is 16.8. The van der Waals surface area contributed by atoms with Crippen LogP contribution in [0.5, 0.6) is 0 Å². The zero-order chi connectivity index (χ0) is 44.0. The number of carbonyl (C=O) groups excluding carboxylic acids is 3. The van der Waals surface area contributed by atoms with Gasteiger partial charge in [0.05, 0.1) is 0 Å². The lowest BCUT2D eigenvalue weighted by Crippen LogP contribution is -2.30. The second kappa shape index (κ2) is 46.9. The van der Waals surface area contributed by atoms with Crippen LogP contribution in [0.3, 0.4) is 0 Å². The van der Waals surface area contributed by atoms with Gasteiger partial charge in [-0.25, -0.2) is 0 Å². The maximum atomic E-state index is 12.8. The number of carbonyl (C=O) groups is 3. The van der Waals surface area contributed by atoms with Crippen LogP contribution in [0.2, 0.25) is 0 Å². The molecule has 0 saturated carbocycles. The summed E-state index contributed by atoms with van der Waals surface area (Å²) in [6.45, 7) is 11.4. The van der Waals surface area contributed by atoms with Crippen LogP contribution in [0.25, 0.3) is 0 Å². The third kappa shape index (κ3) is 47.5. The molecule has 0 aromatic heterocycles. The Hall–Kier alpha value is -1.59. The van der Waals surface area contributed by atoms with Crippen molar-refractivity contribution in [2.24, 2.45) is 11.8 Å². The SMILES string of the molecule is CCCCCCCCCCCCC(=O)O[C@H](COC(=O)CCCCCCCCCCCCCCCCC(C)C)COC(=O)CCCCCCCCCCCCCCC(C)C. The molecule has 0 spiro atoms. The number of hydrogen-bond donors (Lipinski definition) is 0. The molecule has 0 bridgehead atoms. The van der Waals surface area contributed by atoms with Crippen LogP contribution in [-0.2, 0) is 28.6 Å². The summed E-state index contributed by atoms with van der Waals surface area (Å²) >= 11 is 0. The quantitative estimate of drug-likeness (QED) is 0.0345. The molecule has 0 saturated heterocycles. The molecule has 0 rings (SSSR count). The predicted molar refractivity (Wildman–Crippen MR) is 256 cm³/mol. The van der Waals surface area contributed by atoms with Crippen molar-refractivity contribution in [3.8, 4) is 0 Å². The lowest BCUT2D eigenvalue weighted by molar-refractivity contribution is -0.167. The maximum Gasteiger partial charge on any atom is 0.306 e. The van der Waals surface area contributed by atoms with Crippen LogP contribution in [0.4, 0.5) is 0 Å². The van der Waals surface area contributed by atoms with E-state index in [9.17, 15) is 14.4 Å². The molecule has 6 nitrogen and oxygen atoms in total. The van der Waals surface area contributed by atoms with Gasteiger partial charge in [-0.05, 0) is 31.1 Å². The summed E-state index contributed by atoms with van der Waals surface area (Å²) in [5, 5.41) is 0. The summed E-state index contributed by atoms with van der Waals surface area (Å²) in [5.41, 5.74) is 0. The second-order valence-corrected chi connectivity index (χ2v) is 19.5. The van der Waals surface area contributed by atoms with Crippen molar-refractivity contribution < 1.29 is 28.6 Å². The van der Waals surface area contributed by atoms with Gasteiger partial charge in [0.25, 0.3) is 0 Å². The van der Waals surface area contributed by atoms with E-state index in [1.54, 1.807) is 0 Å². The molecule has 0 aliphatic heterocycles. The molecule has 60 heavy (non-hydrogen) atoms. The third-order valence-electron chi connectivity index (χ3n) is 12.2. The molecule has 0 fully saturated rings. The van der Waals surface area contributed by atoms with E-state index >= 15 is 0 Å². The Labute approximate surface area is 374 Å². The highest BCUT2D eigenvalue weighted by Gasteiger charge is 2.19. The fourth-order valence-electron chi connectivity index (χ4n) is 8.17. The van der Waals surface area contributed by atoms with Gasteiger partial charge in [0.1, 0.15) is 13.2 Å². The Morgan fingerprint density at radius 2 is 0.550 bits per heavy atom. The molecule has 356 valence electrons. The Bertz CT molecular complexity index is 916. The van der Waals surface area contributed by atoms with Crippen LogP contribution < -0.4 is 0 Å². The molecule has 1 atom stereocenters. The highest BCUT2D eigenvalue weighted by atomic mass is 16.6. The van der Waals surface area contributed by atoms with Gasteiger partial charge in [-0.1, -0.05) is 259 Å². The van der Waals surface area contributed by atoms with E-state index in [1.165, 1.54) is 186 Å². The summed E-state index contributed by atoms with van der Waals surface area (Å²) in [5.74, 6) is 0.832. The lowest BCUT2D eigenvalue weighted by atomic mass is 10.0. The fourth-order valence-corrected chi connectivity index (χ4v) is 8.17. The molecule has 0 radical (unpaired) electrons. The fraction of sp³-hybridized carbons (Fsp3) is 0.944. The highest BCUT2D eigenvalue weighted by Crippen LogP contribution is 2.18. The number of rotatable bonds is 48. The minimum absolute atomic E-state index is 0.0633. The van der Waals surface area contributed by atoms with E-state index in [2.05, 4.69) is 34.6 Å². The van der Waals surface area contributed by atoms with Gasteiger partial charge < -0.3 is 14.2 Å². The Balaban J connectivity index is 4.25. The Morgan fingerprint density at radius 3 is 0.817 bits per heavy atom. The molecule has 0 N–H and O–H groups in total. The molecule has 0 aliphatic rings. The van der Waals surface area contributed by atoms with Crippen molar-refractivity contribution in [1.29, 1.82) is 0 Å². The van der Waals surface area contributed by atoms with Crippen LogP contribution in [0, 0.1) is 11.8 Å². The van der Waals surface area contributed by atoms with Crippen molar-refractivity contribution in [2.45, 2.75) is 304 Å². The van der Waals surface area contributed by atoms with Gasteiger partial charge in [0.15, 0.2) is 6.10 Å². The smallest absolute Gasteiger partial charge is 0.306 e. The van der Waals surface area contributed by atoms with Crippen molar-refractivity contribution in [1.82, 2.24) is 0 Å². The van der Waals surface area contributed by atoms with Crippen LogP contribution in [0.1, 0.15) is 298 Å². The van der Waals surface area contributed by atoms with Crippen molar-refractivity contribution >= 4 is 17.9 Å². The Kier molecular flexibility index (Phi) is 45.7. The summed E-state index contributed by atoms with van der Waals surface area (Å²) in [6.07, 6.45) is 48.0. The molecule has 0 amide bonds. The van der Waals surface area contributed by atoms with E-state index < -0.39 is 6.10 Å². The molecular weight excluding hydrogens is 745 g/mol. The topological polar surface area (TPSA) is 78.9 Å². The zero-order valence-corrected chi connectivity index (χ0v) is 41.1. The first kappa shape index (κ1) is 58.4. The van der Waals surface area contributed by atoms with Crippen molar-refractivity contribution in [3.63, 3.8) is 0 Å². The highest BCUT2D eigenvalue weighted by molar-refractivity contribution is 5.71. The van der Waals surface area contributed by atoms with Crippen LogP contribution in [0.15, 0.2) is 0 Å². The summed E-state index contributed by atoms with van der Waals surface area (Å²) in [6, 6.07) is 0. The van der Waals surface area contributed by atoms with E-state index in [0.717, 1.165) is 69.6 Å². The van der Waals surface area contributed by atoms with Gasteiger partial charge in [-0.3, -0.25) is 14.4 Å². The molecule has 0 unspecified atom stereocenters. The first-order valence-electron chi connectivity index (χ1n) is 26.7. The first-order chi connectivity index (χ1) is 29.2. The van der Waals surface area contributed by atoms with Gasteiger partial charge in [-0.15, -0.1) is 0 Å². The number of hydrogen-bond acceptors (Lipinski definition) is 6. The maximum absolute atomic E-state index is 12.8. The number of ether oxygens (including phenoxy) is 3. The number of esters is 3. The second-order valence-electron chi connectivity index (χ2n) is 19.5. The van der Waals surface area contributed by atoms with Gasteiger partial charge in [0, 0.05) is 19.3 Å². The summed E-state index contributed by atoms with van der Waals surface area (Å²) in [7, 11) is 0. The van der Waals surface area contributed by atoms with Gasteiger partial charge in [0.2, 0.25) is 0 Å². The van der Waals surface area contributed by atoms with E-state index in [-0.39, 0.29) is 31.1 Å². The Morgan fingerprint density at radius 1 is 0.317 bits per heavy atom. The normalized spacial score (nSPS) is 12.1. The van der Waals surface area contributed by atoms with Crippen molar-refractivity contribution in [2.75, 3.05) is 13.2 Å². The minimum Gasteiger partial charge on any atom is -0.462 e. The largest absolute Gasteiger partial charge is 0.462 e. The minimum atomic E-state index is -0.761. The van der Waals surface area contributed by atoms with Crippen LogP contribution >= 0.6 is 0 Å². The molecule has 6 heteroatoms. The average molecular weight is 849 g/mol. The van der Waals surface area contributed by atoms with E-state index in [4.69, 9.17) is 14.2 Å². The monoisotopic (exact) mass is 849 g/mol. The summed E-state index contributed by atoms with van der Waals surface area (Å²) in [4.78, 5) is 37.9. The number of unbranched alkanes of at least 4 members (excludes halogenated alkanes) is 33. The van der Waals surface area contributed by atoms with Gasteiger partial charge >= 0.3 is 17.9 Å². The molecule has 0 aromatic rings.